The van der Waals surface area contributed by atoms with Crippen LogP contribution in [0.15, 0.2) is 18.2 Å². The Morgan fingerprint density at radius 3 is 2.62 bits per heavy atom. The summed E-state index contributed by atoms with van der Waals surface area (Å²) < 4.78 is 4.87. The van der Waals surface area contributed by atoms with Crippen LogP contribution in [0.2, 0.25) is 5.02 Å². The second-order valence-corrected chi connectivity index (χ2v) is 6.40. The normalized spacial score (nSPS) is 11.3. The number of rotatable bonds is 9. The fraction of sp³-hybridized carbons (Fsp3) is 0.400. The number of esters is 1. The lowest BCUT2D eigenvalue weighted by molar-refractivity contribution is -0.384. The van der Waals surface area contributed by atoms with Gasteiger partial charge in [0.15, 0.2) is 6.61 Å². The summed E-state index contributed by atoms with van der Waals surface area (Å²) in [5.41, 5.74) is -0.263. The smallest absolute Gasteiger partial charge is 0.329 e. The molecule has 9 nitrogen and oxygen atoms in total. The molecule has 0 bridgehead atoms. The number of halogens is 1. The topological polar surface area (TPSA) is 128 Å². The van der Waals surface area contributed by atoms with Gasteiger partial charge in [0, 0.05) is 19.2 Å². The number of ether oxygens (including phenoxy) is 1. The van der Waals surface area contributed by atoms with Gasteiger partial charge >= 0.3 is 5.97 Å². The number of nitro benzene ring substituents is 1. The van der Waals surface area contributed by atoms with E-state index in [0.29, 0.717) is 5.75 Å². The minimum Gasteiger partial charge on any atom is -0.454 e. The maximum atomic E-state index is 12.4. The molecule has 0 aromatic heterocycles. The molecule has 0 saturated heterocycles. The SMILES string of the molecule is CNC(=O)COC(=O)[C@H](CCSC)NC(=O)c1ccc([N+](=O)[O-])cc1Cl. The van der Waals surface area contributed by atoms with E-state index >= 15 is 0 Å². The summed E-state index contributed by atoms with van der Waals surface area (Å²) in [4.78, 5) is 45.7. The Balaban J connectivity index is 2.86. The molecule has 0 aliphatic carbocycles. The monoisotopic (exact) mass is 403 g/mol. The minimum absolute atomic E-state index is 0.00878. The number of carbonyl (C=O) groups excluding carboxylic acids is 3. The number of nitrogens with one attached hydrogen (secondary N) is 2. The van der Waals surface area contributed by atoms with Gasteiger partial charge in [-0.3, -0.25) is 19.7 Å². The van der Waals surface area contributed by atoms with E-state index in [4.69, 9.17) is 16.3 Å². The molecule has 0 spiro atoms. The molecule has 2 amide bonds. The first-order chi connectivity index (χ1) is 12.3. The number of thioether (sulfide) groups is 1. The van der Waals surface area contributed by atoms with Crippen molar-refractivity contribution in [3.05, 3.63) is 38.9 Å². The van der Waals surface area contributed by atoms with Crippen LogP contribution in [0.3, 0.4) is 0 Å². The van der Waals surface area contributed by atoms with Crippen molar-refractivity contribution in [3.8, 4) is 0 Å². The predicted molar refractivity (Wildman–Crippen MR) is 97.4 cm³/mol. The zero-order valence-electron chi connectivity index (χ0n) is 14.1. The second kappa shape index (κ2) is 10.6. The van der Waals surface area contributed by atoms with Gasteiger partial charge in [-0.1, -0.05) is 11.6 Å². The van der Waals surface area contributed by atoms with E-state index in [2.05, 4.69) is 10.6 Å². The van der Waals surface area contributed by atoms with E-state index < -0.39 is 35.4 Å². The van der Waals surface area contributed by atoms with Crippen molar-refractivity contribution in [3.63, 3.8) is 0 Å². The Hall–Kier alpha value is -2.33. The van der Waals surface area contributed by atoms with Crippen molar-refractivity contribution in [2.24, 2.45) is 0 Å². The van der Waals surface area contributed by atoms with Crippen LogP contribution in [-0.2, 0) is 14.3 Å². The third-order valence-corrected chi connectivity index (χ3v) is 4.19. The van der Waals surface area contributed by atoms with Gasteiger partial charge in [0.2, 0.25) is 0 Å². The number of non-ortho nitro benzene ring substituents is 1. The molecule has 142 valence electrons. The maximum absolute atomic E-state index is 12.4. The number of nitro groups is 1. The van der Waals surface area contributed by atoms with Gasteiger partial charge < -0.3 is 15.4 Å². The number of hydrogen-bond acceptors (Lipinski definition) is 7. The number of benzene rings is 1. The number of nitrogens with zero attached hydrogens (tertiary/aromatic N) is 1. The van der Waals surface area contributed by atoms with Crippen LogP contribution in [0, 0.1) is 10.1 Å². The van der Waals surface area contributed by atoms with Crippen LogP contribution in [0.4, 0.5) is 5.69 Å². The van der Waals surface area contributed by atoms with E-state index in [1.807, 2.05) is 6.26 Å². The number of likely N-dealkylation sites (N-methyl/N-ethyl adjacent to an activating group) is 1. The Labute approximate surface area is 158 Å². The highest BCUT2D eigenvalue weighted by Gasteiger charge is 2.24. The van der Waals surface area contributed by atoms with Crippen molar-refractivity contribution in [2.75, 3.05) is 25.7 Å². The zero-order valence-corrected chi connectivity index (χ0v) is 15.7. The average Bonchev–Trinajstić information content (AvgIpc) is 2.62. The van der Waals surface area contributed by atoms with Gasteiger partial charge in [-0.2, -0.15) is 11.8 Å². The molecule has 0 unspecified atom stereocenters. The van der Waals surface area contributed by atoms with Gasteiger partial charge in [-0.25, -0.2) is 4.79 Å². The maximum Gasteiger partial charge on any atom is 0.329 e. The van der Waals surface area contributed by atoms with Gasteiger partial charge in [0.25, 0.3) is 17.5 Å². The van der Waals surface area contributed by atoms with Crippen molar-refractivity contribution >= 4 is 46.8 Å². The molecule has 0 heterocycles. The van der Waals surface area contributed by atoms with Gasteiger partial charge in [0.1, 0.15) is 6.04 Å². The lowest BCUT2D eigenvalue weighted by Gasteiger charge is -2.17. The molecule has 26 heavy (non-hydrogen) atoms. The summed E-state index contributed by atoms with van der Waals surface area (Å²) in [5, 5.41) is 15.4. The molecule has 0 saturated carbocycles. The molecule has 0 aliphatic rings. The Morgan fingerprint density at radius 1 is 1.38 bits per heavy atom. The van der Waals surface area contributed by atoms with E-state index in [1.165, 1.54) is 24.9 Å². The minimum atomic E-state index is -0.981. The highest BCUT2D eigenvalue weighted by molar-refractivity contribution is 7.98. The predicted octanol–water partition coefficient (Wildman–Crippen LogP) is 1.39. The first kappa shape index (κ1) is 21.7. The number of carbonyl (C=O) groups is 3. The fourth-order valence-electron chi connectivity index (χ4n) is 1.83. The largest absolute Gasteiger partial charge is 0.454 e. The summed E-state index contributed by atoms with van der Waals surface area (Å²) in [6, 6.07) is 2.42. The summed E-state index contributed by atoms with van der Waals surface area (Å²) in [7, 11) is 1.40. The van der Waals surface area contributed by atoms with E-state index in [0.717, 1.165) is 12.1 Å². The van der Waals surface area contributed by atoms with Crippen molar-refractivity contribution < 1.29 is 24.0 Å². The molecule has 11 heteroatoms. The lowest BCUT2D eigenvalue weighted by atomic mass is 10.1. The highest BCUT2D eigenvalue weighted by atomic mass is 35.5. The molecule has 1 aromatic carbocycles. The molecule has 1 aromatic rings. The van der Waals surface area contributed by atoms with E-state index in [9.17, 15) is 24.5 Å². The summed E-state index contributed by atoms with van der Waals surface area (Å²) in [6.07, 6.45) is 2.12. The molecular weight excluding hydrogens is 386 g/mol. The van der Waals surface area contributed by atoms with E-state index in [1.54, 1.807) is 0 Å². The van der Waals surface area contributed by atoms with Crippen molar-refractivity contribution in [1.29, 1.82) is 0 Å². The quantitative estimate of drug-likeness (QED) is 0.362. The van der Waals surface area contributed by atoms with Crippen molar-refractivity contribution in [2.45, 2.75) is 12.5 Å². The van der Waals surface area contributed by atoms with Crippen LogP contribution in [0.1, 0.15) is 16.8 Å². The number of hydrogen-bond donors (Lipinski definition) is 2. The Bertz CT molecular complexity index is 700. The summed E-state index contributed by atoms with van der Waals surface area (Å²) in [5.74, 6) is -1.35. The second-order valence-electron chi connectivity index (χ2n) is 5.01. The molecule has 0 radical (unpaired) electrons. The molecule has 1 atom stereocenters. The molecule has 0 fully saturated rings. The van der Waals surface area contributed by atoms with Crippen LogP contribution in [-0.4, -0.2) is 54.4 Å². The lowest BCUT2D eigenvalue weighted by Crippen LogP contribution is -2.43. The number of amides is 2. The standard InChI is InChI=1S/C15H18ClN3O6S/c1-17-13(20)8-25-15(22)12(5-6-26-2)18-14(21)10-4-3-9(19(23)24)7-11(10)16/h3-4,7,12H,5-6,8H2,1-2H3,(H,17,20)(H,18,21)/t12-/m0/s1. The van der Waals surface area contributed by atoms with Crippen LogP contribution < -0.4 is 10.6 Å². The van der Waals surface area contributed by atoms with Crippen LogP contribution >= 0.6 is 23.4 Å². The van der Waals surface area contributed by atoms with Crippen LogP contribution in [0.25, 0.3) is 0 Å². The van der Waals surface area contributed by atoms with E-state index in [-0.39, 0.29) is 22.7 Å². The van der Waals surface area contributed by atoms with Crippen LogP contribution in [0.5, 0.6) is 0 Å². The third kappa shape index (κ3) is 6.52. The highest BCUT2D eigenvalue weighted by Crippen LogP contribution is 2.22. The summed E-state index contributed by atoms with van der Waals surface area (Å²) in [6.45, 7) is -0.459. The zero-order chi connectivity index (χ0) is 19.7. The van der Waals surface area contributed by atoms with Gasteiger partial charge in [-0.15, -0.1) is 0 Å². The summed E-state index contributed by atoms with van der Waals surface area (Å²) >= 11 is 7.39. The first-order valence-electron chi connectivity index (χ1n) is 7.41. The fourth-order valence-corrected chi connectivity index (χ4v) is 2.56. The molecule has 1 rings (SSSR count). The Morgan fingerprint density at radius 2 is 2.08 bits per heavy atom. The molecular formula is C15H18ClN3O6S. The third-order valence-electron chi connectivity index (χ3n) is 3.23. The van der Waals surface area contributed by atoms with Crippen molar-refractivity contribution in [1.82, 2.24) is 10.6 Å². The molecule has 0 aliphatic heterocycles. The molecule has 2 N–H and O–H groups in total. The first-order valence-corrected chi connectivity index (χ1v) is 9.18. The Kier molecular flexibility index (Phi) is 8.86. The van der Waals surface area contributed by atoms with Gasteiger partial charge in [-0.05, 0) is 24.5 Å². The average molecular weight is 404 g/mol. The van der Waals surface area contributed by atoms with Gasteiger partial charge in [0.05, 0.1) is 15.5 Å².